The van der Waals surface area contributed by atoms with Gasteiger partial charge in [0, 0.05) is 16.1 Å². The highest BCUT2D eigenvalue weighted by atomic mass is 79.9. The fourth-order valence-corrected chi connectivity index (χ4v) is 3.78. The lowest BCUT2D eigenvalue weighted by atomic mass is 9.74. The molecule has 1 aromatic rings. The number of hydrogen-bond donors (Lipinski definition) is 1. The largest absolute Gasteiger partial charge is 0.508 e. The summed E-state index contributed by atoms with van der Waals surface area (Å²) in [5, 5.41) is 10.1. The van der Waals surface area contributed by atoms with Crippen molar-refractivity contribution in [2.24, 2.45) is 5.41 Å². The SMILES string of the molecule is CCC1(CC)CCN(C(C)c2cc(Br)ccc2O)CC1. The number of aromatic hydroxyl groups is 1. The van der Waals surface area contributed by atoms with Crippen molar-refractivity contribution in [1.82, 2.24) is 4.90 Å². The summed E-state index contributed by atoms with van der Waals surface area (Å²) in [6.45, 7) is 9.11. The molecule has 20 heavy (non-hydrogen) atoms. The summed E-state index contributed by atoms with van der Waals surface area (Å²) in [6.07, 6.45) is 5.12. The van der Waals surface area contributed by atoms with Crippen molar-refractivity contribution in [2.75, 3.05) is 13.1 Å². The molecule has 0 radical (unpaired) electrons. The van der Waals surface area contributed by atoms with Crippen LogP contribution in [0.5, 0.6) is 5.75 Å². The predicted octanol–water partition coefficient (Wildman–Crippen LogP) is 5.12. The molecule has 2 rings (SSSR count). The highest BCUT2D eigenvalue weighted by molar-refractivity contribution is 9.10. The molecule has 0 amide bonds. The van der Waals surface area contributed by atoms with E-state index < -0.39 is 0 Å². The van der Waals surface area contributed by atoms with E-state index in [1.54, 1.807) is 6.07 Å². The van der Waals surface area contributed by atoms with Gasteiger partial charge in [-0.3, -0.25) is 4.90 Å². The van der Waals surface area contributed by atoms with Crippen LogP contribution < -0.4 is 0 Å². The first-order valence-electron chi connectivity index (χ1n) is 7.74. The Morgan fingerprint density at radius 3 is 2.40 bits per heavy atom. The molecule has 1 atom stereocenters. The Balaban J connectivity index is 2.08. The summed E-state index contributed by atoms with van der Waals surface area (Å²) in [5.74, 6) is 0.406. The van der Waals surface area contributed by atoms with Crippen molar-refractivity contribution in [2.45, 2.75) is 52.5 Å². The number of halogens is 1. The van der Waals surface area contributed by atoms with E-state index in [1.165, 1.54) is 25.7 Å². The van der Waals surface area contributed by atoms with E-state index in [-0.39, 0.29) is 6.04 Å². The Bertz CT molecular complexity index is 446. The quantitative estimate of drug-likeness (QED) is 0.822. The van der Waals surface area contributed by atoms with Crippen molar-refractivity contribution in [3.63, 3.8) is 0 Å². The number of rotatable bonds is 4. The Kier molecular flexibility index (Phi) is 5.14. The second-order valence-electron chi connectivity index (χ2n) is 6.12. The number of phenolic OH excluding ortho intramolecular Hbond substituents is 1. The molecule has 1 unspecified atom stereocenters. The van der Waals surface area contributed by atoms with Crippen LogP contribution in [-0.2, 0) is 0 Å². The molecule has 1 N–H and O–H groups in total. The molecule has 1 heterocycles. The minimum Gasteiger partial charge on any atom is -0.508 e. The summed E-state index contributed by atoms with van der Waals surface area (Å²) in [7, 11) is 0. The van der Waals surface area contributed by atoms with Crippen LogP contribution in [0, 0.1) is 5.41 Å². The maximum atomic E-state index is 10.1. The molecule has 0 saturated carbocycles. The summed E-state index contributed by atoms with van der Waals surface area (Å²) in [6, 6.07) is 5.99. The average molecular weight is 340 g/mol. The van der Waals surface area contributed by atoms with E-state index in [2.05, 4.69) is 41.6 Å². The van der Waals surface area contributed by atoms with Gasteiger partial charge in [-0.1, -0.05) is 42.6 Å². The van der Waals surface area contributed by atoms with Gasteiger partial charge in [-0.05, 0) is 56.5 Å². The van der Waals surface area contributed by atoms with Gasteiger partial charge in [0.2, 0.25) is 0 Å². The lowest BCUT2D eigenvalue weighted by molar-refractivity contribution is 0.0703. The third-order valence-electron chi connectivity index (χ3n) is 5.35. The van der Waals surface area contributed by atoms with Gasteiger partial charge in [-0.2, -0.15) is 0 Å². The zero-order chi connectivity index (χ0) is 14.8. The van der Waals surface area contributed by atoms with Gasteiger partial charge >= 0.3 is 0 Å². The Morgan fingerprint density at radius 1 is 1.25 bits per heavy atom. The molecule has 1 fully saturated rings. The minimum atomic E-state index is 0.277. The molecule has 1 aliphatic heterocycles. The Labute approximate surface area is 131 Å². The number of benzene rings is 1. The molecule has 1 aromatic carbocycles. The Morgan fingerprint density at radius 2 is 1.85 bits per heavy atom. The third-order valence-corrected chi connectivity index (χ3v) is 5.84. The van der Waals surface area contributed by atoms with Gasteiger partial charge in [0.15, 0.2) is 0 Å². The van der Waals surface area contributed by atoms with Crippen LogP contribution in [0.25, 0.3) is 0 Å². The molecule has 0 aromatic heterocycles. The van der Waals surface area contributed by atoms with Gasteiger partial charge in [0.25, 0.3) is 0 Å². The van der Waals surface area contributed by atoms with E-state index >= 15 is 0 Å². The second-order valence-corrected chi connectivity index (χ2v) is 7.04. The van der Waals surface area contributed by atoms with Crippen LogP contribution in [0.15, 0.2) is 22.7 Å². The van der Waals surface area contributed by atoms with Gasteiger partial charge in [0.1, 0.15) is 5.75 Å². The van der Waals surface area contributed by atoms with Gasteiger partial charge in [-0.25, -0.2) is 0 Å². The maximum Gasteiger partial charge on any atom is 0.120 e. The lowest BCUT2D eigenvalue weighted by Crippen LogP contribution is -2.40. The second kappa shape index (κ2) is 6.48. The molecule has 1 aliphatic rings. The molecule has 1 saturated heterocycles. The number of piperidine rings is 1. The van der Waals surface area contributed by atoms with E-state index in [0.717, 1.165) is 23.1 Å². The summed E-state index contributed by atoms with van der Waals surface area (Å²) in [5.41, 5.74) is 1.58. The lowest BCUT2D eigenvalue weighted by Gasteiger charge is -2.43. The third kappa shape index (κ3) is 3.20. The molecular formula is C17H26BrNO. The molecule has 0 spiro atoms. The molecular weight excluding hydrogens is 314 g/mol. The van der Waals surface area contributed by atoms with E-state index in [1.807, 2.05) is 12.1 Å². The highest BCUT2D eigenvalue weighted by Crippen LogP contribution is 2.41. The van der Waals surface area contributed by atoms with E-state index in [9.17, 15) is 5.11 Å². The maximum absolute atomic E-state index is 10.1. The van der Waals surface area contributed by atoms with Gasteiger partial charge in [0.05, 0.1) is 0 Å². The van der Waals surface area contributed by atoms with E-state index in [4.69, 9.17) is 0 Å². The van der Waals surface area contributed by atoms with E-state index in [0.29, 0.717) is 11.2 Å². The van der Waals surface area contributed by atoms with Crippen LogP contribution in [-0.4, -0.2) is 23.1 Å². The summed E-state index contributed by atoms with van der Waals surface area (Å²) >= 11 is 3.50. The topological polar surface area (TPSA) is 23.5 Å². The monoisotopic (exact) mass is 339 g/mol. The van der Waals surface area contributed by atoms with Crippen molar-refractivity contribution in [3.8, 4) is 5.75 Å². The van der Waals surface area contributed by atoms with Crippen LogP contribution in [0.2, 0.25) is 0 Å². The predicted molar refractivity (Wildman–Crippen MR) is 88.0 cm³/mol. The highest BCUT2D eigenvalue weighted by Gasteiger charge is 2.33. The van der Waals surface area contributed by atoms with Crippen molar-refractivity contribution in [3.05, 3.63) is 28.2 Å². The fraction of sp³-hybridized carbons (Fsp3) is 0.647. The summed E-state index contributed by atoms with van der Waals surface area (Å²) in [4.78, 5) is 2.51. The zero-order valence-corrected chi connectivity index (χ0v) is 14.4. The molecule has 0 bridgehead atoms. The number of phenols is 1. The van der Waals surface area contributed by atoms with Crippen LogP contribution in [0.4, 0.5) is 0 Å². The fourth-order valence-electron chi connectivity index (χ4n) is 3.40. The van der Waals surface area contributed by atoms with Gasteiger partial charge < -0.3 is 5.11 Å². The van der Waals surface area contributed by atoms with Crippen molar-refractivity contribution >= 4 is 15.9 Å². The normalized spacial score (nSPS) is 20.8. The first kappa shape index (κ1) is 15.8. The number of nitrogens with zero attached hydrogens (tertiary/aromatic N) is 1. The first-order chi connectivity index (χ1) is 9.51. The average Bonchev–Trinajstić information content (AvgIpc) is 2.49. The minimum absolute atomic E-state index is 0.277. The van der Waals surface area contributed by atoms with Crippen LogP contribution >= 0.6 is 15.9 Å². The number of hydrogen-bond acceptors (Lipinski definition) is 2. The first-order valence-corrected chi connectivity index (χ1v) is 8.53. The number of likely N-dealkylation sites (tertiary alicyclic amines) is 1. The zero-order valence-electron chi connectivity index (χ0n) is 12.8. The standard InChI is InChI=1S/C17H26BrNO/c1-4-17(5-2)8-10-19(11-9-17)13(3)15-12-14(18)6-7-16(15)20/h6-7,12-13,20H,4-5,8-11H2,1-3H3. The molecule has 3 heteroatoms. The smallest absolute Gasteiger partial charge is 0.120 e. The molecule has 0 aliphatic carbocycles. The summed E-state index contributed by atoms with van der Waals surface area (Å²) < 4.78 is 1.03. The van der Waals surface area contributed by atoms with Crippen LogP contribution in [0.3, 0.4) is 0 Å². The van der Waals surface area contributed by atoms with Crippen molar-refractivity contribution in [1.29, 1.82) is 0 Å². The van der Waals surface area contributed by atoms with Gasteiger partial charge in [-0.15, -0.1) is 0 Å². The van der Waals surface area contributed by atoms with Crippen LogP contribution in [0.1, 0.15) is 58.1 Å². The molecule has 2 nitrogen and oxygen atoms in total. The Hall–Kier alpha value is -0.540. The van der Waals surface area contributed by atoms with Crippen molar-refractivity contribution < 1.29 is 5.11 Å². The molecule has 112 valence electrons.